The van der Waals surface area contributed by atoms with Gasteiger partial charge in [-0.1, -0.05) is 55.8 Å². The average Bonchev–Trinajstić information content (AvgIpc) is 3.24. The van der Waals surface area contributed by atoms with Crippen LogP contribution in [-0.4, -0.2) is 18.0 Å². The molecule has 1 atom stereocenters. The molecule has 1 unspecified atom stereocenters. The summed E-state index contributed by atoms with van der Waals surface area (Å²) in [5.41, 5.74) is 2.26. The van der Waals surface area contributed by atoms with Crippen LogP contribution in [0.1, 0.15) is 73.0 Å². The van der Waals surface area contributed by atoms with E-state index >= 15 is 0 Å². The lowest BCUT2D eigenvalue weighted by atomic mass is 10.1. The number of aryl methyl sites for hydroxylation is 1. The number of benzene rings is 2. The van der Waals surface area contributed by atoms with Crippen molar-refractivity contribution in [2.75, 3.05) is 0 Å². The molecule has 148 valence electrons. The Balaban J connectivity index is 1.71. The summed E-state index contributed by atoms with van der Waals surface area (Å²) in [5.74, 6) is -1.01. The van der Waals surface area contributed by atoms with E-state index in [2.05, 4.69) is 6.92 Å². The quantitative estimate of drug-likeness (QED) is 0.574. The molecule has 4 nitrogen and oxygen atoms in total. The summed E-state index contributed by atoms with van der Waals surface area (Å²) >= 11 is 0. The lowest BCUT2D eigenvalue weighted by molar-refractivity contribution is -0.159. The Morgan fingerprint density at radius 2 is 1.68 bits per heavy atom. The summed E-state index contributed by atoms with van der Waals surface area (Å²) in [5, 5.41) is 0. The van der Waals surface area contributed by atoms with Gasteiger partial charge in [0.25, 0.3) is 0 Å². The largest absolute Gasteiger partial charge is 0.459 e. The molecule has 0 aliphatic heterocycles. The van der Waals surface area contributed by atoms with E-state index < -0.39 is 18.0 Å². The van der Waals surface area contributed by atoms with Crippen molar-refractivity contribution in [1.29, 1.82) is 0 Å². The van der Waals surface area contributed by atoms with Gasteiger partial charge >= 0.3 is 11.9 Å². The molecule has 0 aromatic heterocycles. The minimum atomic E-state index is -1.05. The SMILES string of the molecule is CCCCc1ccc(C(=O)OC(C(=O)OC2CCCC2)c2ccccc2)cc1. The van der Waals surface area contributed by atoms with Crippen LogP contribution in [0.2, 0.25) is 0 Å². The third-order valence-electron chi connectivity index (χ3n) is 5.13. The maximum absolute atomic E-state index is 12.7. The number of hydrogen-bond donors (Lipinski definition) is 0. The number of rotatable bonds is 8. The standard InChI is InChI=1S/C24H28O4/c1-2-3-9-18-14-16-20(17-15-18)23(25)28-22(19-10-5-4-6-11-19)24(26)27-21-12-7-8-13-21/h4-6,10-11,14-17,21-22H,2-3,7-9,12-13H2,1H3. The highest BCUT2D eigenvalue weighted by Gasteiger charge is 2.30. The maximum atomic E-state index is 12.7. The van der Waals surface area contributed by atoms with Crippen molar-refractivity contribution in [3.05, 3.63) is 71.3 Å². The van der Waals surface area contributed by atoms with Gasteiger partial charge in [-0.2, -0.15) is 0 Å². The molecule has 0 amide bonds. The van der Waals surface area contributed by atoms with Crippen LogP contribution in [0, 0.1) is 0 Å². The van der Waals surface area contributed by atoms with E-state index in [9.17, 15) is 9.59 Å². The Kier molecular flexibility index (Phi) is 7.24. The molecule has 1 aliphatic carbocycles. The number of carbonyl (C=O) groups excluding carboxylic acids is 2. The number of esters is 2. The second kappa shape index (κ2) is 10.1. The van der Waals surface area contributed by atoms with Gasteiger partial charge in [-0.15, -0.1) is 0 Å². The van der Waals surface area contributed by atoms with Crippen LogP contribution in [0.4, 0.5) is 0 Å². The van der Waals surface area contributed by atoms with Gasteiger partial charge in [0.15, 0.2) is 0 Å². The molecule has 1 aliphatic rings. The summed E-state index contributed by atoms with van der Waals surface area (Å²) < 4.78 is 11.2. The lowest BCUT2D eigenvalue weighted by Gasteiger charge is -2.20. The van der Waals surface area contributed by atoms with Crippen molar-refractivity contribution in [2.45, 2.75) is 64.1 Å². The minimum Gasteiger partial charge on any atom is -0.459 e. The molecule has 0 heterocycles. The number of ether oxygens (including phenoxy) is 2. The van der Waals surface area contributed by atoms with Crippen molar-refractivity contribution < 1.29 is 19.1 Å². The molecule has 3 rings (SSSR count). The van der Waals surface area contributed by atoms with Crippen molar-refractivity contribution in [3.8, 4) is 0 Å². The van der Waals surface area contributed by atoms with E-state index in [0.29, 0.717) is 11.1 Å². The Labute approximate surface area is 166 Å². The van der Waals surface area contributed by atoms with Gasteiger partial charge in [0.1, 0.15) is 6.10 Å². The second-order valence-corrected chi connectivity index (χ2v) is 7.34. The van der Waals surface area contributed by atoms with Gasteiger partial charge in [-0.25, -0.2) is 9.59 Å². The molecular weight excluding hydrogens is 352 g/mol. The molecule has 0 bridgehead atoms. The van der Waals surface area contributed by atoms with Crippen molar-refractivity contribution in [2.24, 2.45) is 0 Å². The monoisotopic (exact) mass is 380 g/mol. The van der Waals surface area contributed by atoms with E-state index in [0.717, 1.165) is 44.9 Å². The zero-order valence-corrected chi connectivity index (χ0v) is 16.4. The average molecular weight is 380 g/mol. The summed E-state index contributed by atoms with van der Waals surface area (Å²) in [7, 11) is 0. The van der Waals surface area contributed by atoms with Gasteiger partial charge in [0.2, 0.25) is 6.10 Å². The summed E-state index contributed by atoms with van der Waals surface area (Å²) in [6.45, 7) is 2.15. The normalized spacial score (nSPS) is 15.2. The van der Waals surface area contributed by atoms with E-state index in [1.165, 1.54) is 5.56 Å². The van der Waals surface area contributed by atoms with Gasteiger partial charge < -0.3 is 9.47 Å². The minimum absolute atomic E-state index is 0.0738. The summed E-state index contributed by atoms with van der Waals surface area (Å²) in [4.78, 5) is 25.4. The maximum Gasteiger partial charge on any atom is 0.352 e. The highest BCUT2D eigenvalue weighted by Crippen LogP contribution is 2.26. The zero-order chi connectivity index (χ0) is 19.8. The highest BCUT2D eigenvalue weighted by molar-refractivity contribution is 5.91. The molecule has 4 heteroatoms. The number of hydrogen-bond acceptors (Lipinski definition) is 4. The molecule has 0 saturated heterocycles. The first-order valence-corrected chi connectivity index (χ1v) is 10.2. The number of carbonyl (C=O) groups is 2. The smallest absolute Gasteiger partial charge is 0.352 e. The molecule has 0 spiro atoms. The number of unbranched alkanes of at least 4 members (excludes halogenated alkanes) is 1. The third-order valence-corrected chi connectivity index (χ3v) is 5.13. The van der Waals surface area contributed by atoms with Crippen LogP contribution in [-0.2, 0) is 20.7 Å². The van der Waals surface area contributed by atoms with Crippen LogP contribution in [0.5, 0.6) is 0 Å². The molecule has 0 N–H and O–H groups in total. The second-order valence-electron chi connectivity index (χ2n) is 7.34. The van der Waals surface area contributed by atoms with Crippen LogP contribution in [0.15, 0.2) is 54.6 Å². The Morgan fingerprint density at radius 3 is 2.32 bits per heavy atom. The molecule has 1 saturated carbocycles. The fourth-order valence-corrected chi connectivity index (χ4v) is 3.48. The van der Waals surface area contributed by atoms with Gasteiger partial charge in [0.05, 0.1) is 5.56 Å². The first kappa shape index (κ1) is 20.1. The van der Waals surface area contributed by atoms with Gasteiger partial charge in [0, 0.05) is 5.56 Å². The zero-order valence-electron chi connectivity index (χ0n) is 16.4. The van der Waals surface area contributed by atoms with Crippen LogP contribution in [0.3, 0.4) is 0 Å². The predicted molar refractivity (Wildman–Crippen MR) is 108 cm³/mol. The van der Waals surface area contributed by atoms with Crippen molar-refractivity contribution >= 4 is 11.9 Å². The molecular formula is C24H28O4. The highest BCUT2D eigenvalue weighted by atomic mass is 16.6. The predicted octanol–water partition coefficient (Wildman–Crippen LogP) is 5.41. The van der Waals surface area contributed by atoms with Crippen molar-refractivity contribution in [1.82, 2.24) is 0 Å². The lowest BCUT2D eigenvalue weighted by Crippen LogP contribution is -2.25. The fraction of sp³-hybridized carbons (Fsp3) is 0.417. The molecule has 1 fully saturated rings. The molecule has 28 heavy (non-hydrogen) atoms. The van der Waals surface area contributed by atoms with E-state index in [1.54, 1.807) is 24.3 Å². The Morgan fingerprint density at radius 1 is 1.00 bits per heavy atom. The molecule has 0 radical (unpaired) electrons. The first-order chi connectivity index (χ1) is 13.7. The Bertz CT molecular complexity index is 761. The molecule has 2 aromatic rings. The van der Waals surface area contributed by atoms with Gasteiger partial charge in [-0.3, -0.25) is 0 Å². The summed E-state index contributed by atoms with van der Waals surface area (Å²) in [6.07, 6.45) is 6.01. The van der Waals surface area contributed by atoms with Crippen LogP contribution < -0.4 is 0 Å². The fourth-order valence-electron chi connectivity index (χ4n) is 3.48. The third kappa shape index (κ3) is 5.44. The van der Waals surface area contributed by atoms with Crippen LogP contribution in [0.25, 0.3) is 0 Å². The Hall–Kier alpha value is -2.62. The van der Waals surface area contributed by atoms with E-state index in [-0.39, 0.29) is 6.10 Å². The van der Waals surface area contributed by atoms with Gasteiger partial charge in [-0.05, 0) is 56.2 Å². The van der Waals surface area contributed by atoms with E-state index in [4.69, 9.17) is 9.47 Å². The van der Waals surface area contributed by atoms with Crippen molar-refractivity contribution in [3.63, 3.8) is 0 Å². The summed E-state index contributed by atoms with van der Waals surface area (Å²) in [6, 6.07) is 16.5. The van der Waals surface area contributed by atoms with E-state index in [1.807, 2.05) is 30.3 Å². The molecule has 2 aromatic carbocycles. The topological polar surface area (TPSA) is 52.6 Å². The van der Waals surface area contributed by atoms with Crippen LogP contribution >= 0.6 is 0 Å². The first-order valence-electron chi connectivity index (χ1n) is 10.2.